The molecule has 1 fully saturated rings. The van der Waals surface area contributed by atoms with Crippen molar-refractivity contribution < 1.29 is 19.4 Å². The number of amides is 1. The van der Waals surface area contributed by atoms with Crippen LogP contribution in [0.1, 0.15) is 21.5 Å². The van der Waals surface area contributed by atoms with Gasteiger partial charge in [-0.2, -0.15) is 0 Å². The number of aromatic nitrogens is 1. The van der Waals surface area contributed by atoms with Crippen molar-refractivity contribution in [1.29, 1.82) is 0 Å². The summed E-state index contributed by atoms with van der Waals surface area (Å²) in [5.41, 5.74) is 4.23. The first-order valence-electron chi connectivity index (χ1n) is 11.7. The van der Waals surface area contributed by atoms with E-state index in [-0.39, 0.29) is 16.9 Å². The number of carbonyl (C=O) groups is 2. The molecule has 1 aromatic heterocycles. The van der Waals surface area contributed by atoms with Crippen LogP contribution >= 0.6 is 24.0 Å². The maximum absolute atomic E-state index is 13.2. The first-order valence-corrected chi connectivity index (χ1v) is 12.9. The molecule has 3 aromatic carbocycles. The van der Waals surface area contributed by atoms with Crippen LogP contribution in [0.2, 0.25) is 0 Å². The Morgan fingerprint density at radius 3 is 2.61 bits per heavy atom. The minimum absolute atomic E-state index is 0.0720. The van der Waals surface area contributed by atoms with Gasteiger partial charge in [0, 0.05) is 35.3 Å². The van der Waals surface area contributed by atoms with Gasteiger partial charge in [0.05, 0.1) is 17.6 Å². The van der Waals surface area contributed by atoms with Crippen LogP contribution in [0, 0.1) is 0 Å². The molecule has 1 aliphatic rings. The average Bonchev–Trinajstić information content (AvgIpc) is 3.19. The molecular weight excluding hydrogens is 520 g/mol. The van der Waals surface area contributed by atoms with Gasteiger partial charge in [-0.1, -0.05) is 48.2 Å². The van der Waals surface area contributed by atoms with E-state index < -0.39 is 5.97 Å². The van der Waals surface area contributed by atoms with Crippen molar-refractivity contribution in [3.8, 4) is 16.9 Å². The maximum atomic E-state index is 13.2. The quantitative estimate of drug-likeness (QED) is 0.240. The molecule has 1 saturated heterocycles. The van der Waals surface area contributed by atoms with Crippen LogP contribution in [0.5, 0.6) is 5.75 Å². The summed E-state index contributed by atoms with van der Waals surface area (Å²) >= 11 is 6.73. The Bertz CT molecular complexity index is 1670. The third-order valence-corrected chi connectivity index (χ3v) is 7.67. The van der Waals surface area contributed by atoms with E-state index in [1.165, 1.54) is 17.8 Å². The van der Waals surface area contributed by atoms with Gasteiger partial charge in [0.2, 0.25) is 0 Å². The molecule has 0 unspecified atom stereocenters. The van der Waals surface area contributed by atoms with Gasteiger partial charge < -0.3 is 14.8 Å². The molecule has 2 heterocycles. The lowest BCUT2D eigenvalue weighted by atomic mass is 9.99. The Balaban J connectivity index is 1.39. The van der Waals surface area contributed by atoms with Crippen LogP contribution in [-0.4, -0.2) is 44.8 Å². The number of benzene rings is 3. The van der Waals surface area contributed by atoms with Crippen molar-refractivity contribution in [3.05, 3.63) is 105 Å². The average molecular weight is 543 g/mol. The number of nitrogens with zero attached hydrogens (tertiary/aromatic N) is 1. The van der Waals surface area contributed by atoms with Crippen molar-refractivity contribution in [3.63, 3.8) is 0 Å². The molecule has 0 bridgehead atoms. The van der Waals surface area contributed by atoms with Gasteiger partial charge >= 0.3 is 5.97 Å². The number of pyridine rings is 1. The van der Waals surface area contributed by atoms with E-state index in [0.29, 0.717) is 33.3 Å². The van der Waals surface area contributed by atoms with Crippen molar-refractivity contribution in [2.45, 2.75) is 6.42 Å². The number of aromatic carboxylic acids is 1. The van der Waals surface area contributed by atoms with Gasteiger partial charge in [-0.05, 0) is 65.6 Å². The highest BCUT2D eigenvalue weighted by Gasteiger charge is 2.31. The highest BCUT2D eigenvalue weighted by atomic mass is 32.2. The molecule has 190 valence electrons. The molecule has 4 aromatic rings. The molecule has 0 atom stereocenters. The molecule has 0 aliphatic carbocycles. The molecule has 1 amide bonds. The van der Waals surface area contributed by atoms with Crippen LogP contribution in [0.15, 0.2) is 82.6 Å². The number of carboxylic acid groups (broad SMARTS) is 1. The lowest BCUT2D eigenvalue weighted by Gasteiger charge is -2.14. The largest absolute Gasteiger partial charge is 0.496 e. The second kappa shape index (κ2) is 10.6. The number of hydrogen-bond acceptors (Lipinski definition) is 6. The van der Waals surface area contributed by atoms with Crippen LogP contribution in [-0.2, 0) is 11.2 Å². The molecular formula is C29H22N2O5S2. The Labute approximate surface area is 227 Å². The number of thioether (sulfide) groups is 1. The van der Waals surface area contributed by atoms with E-state index in [9.17, 15) is 14.4 Å². The minimum Gasteiger partial charge on any atom is -0.496 e. The second-order valence-electron chi connectivity index (χ2n) is 8.65. The Hall–Kier alpha value is -4.21. The van der Waals surface area contributed by atoms with Gasteiger partial charge in [0.25, 0.3) is 5.91 Å². The number of ether oxygens (including phenoxy) is 1. The number of methoxy groups -OCH3 is 1. The number of hydrogen-bond donors (Lipinski definition) is 2. The molecule has 2 N–H and O–H groups in total. The molecule has 0 spiro atoms. The van der Waals surface area contributed by atoms with E-state index >= 15 is 0 Å². The number of nitrogens with one attached hydrogen (secondary N) is 1. The Morgan fingerprint density at radius 2 is 1.87 bits per heavy atom. The molecule has 38 heavy (non-hydrogen) atoms. The first-order chi connectivity index (χ1) is 18.3. The summed E-state index contributed by atoms with van der Waals surface area (Å²) < 4.78 is 6.05. The fraction of sp³-hybridized carbons (Fsp3) is 0.103. The predicted octanol–water partition coefficient (Wildman–Crippen LogP) is 5.35. The number of H-pyrrole nitrogens is 1. The molecule has 1 aliphatic heterocycles. The summed E-state index contributed by atoms with van der Waals surface area (Å²) in [7, 11) is 1.59. The summed E-state index contributed by atoms with van der Waals surface area (Å²) in [5, 5.41) is 9.64. The van der Waals surface area contributed by atoms with E-state index in [0.717, 1.165) is 27.8 Å². The van der Waals surface area contributed by atoms with Crippen molar-refractivity contribution in [2.24, 2.45) is 0 Å². The third kappa shape index (κ3) is 5.11. The van der Waals surface area contributed by atoms with Crippen LogP contribution in [0.3, 0.4) is 0 Å². The summed E-state index contributed by atoms with van der Waals surface area (Å²) in [6, 6.07) is 19.3. The normalized spacial score (nSPS) is 14.4. The summed E-state index contributed by atoms with van der Waals surface area (Å²) in [6.45, 7) is 0.397. The Kier molecular flexibility index (Phi) is 7.13. The fourth-order valence-electron chi connectivity index (χ4n) is 4.28. The fourth-order valence-corrected chi connectivity index (χ4v) is 5.59. The molecule has 5 rings (SSSR count). The SMILES string of the molecule is COc1ccc(C=C2SC(=S)N(CCc3ccc(C(=O)O)cc3)C2=O)cc1-c1ccc2[nH]ccc(=O)c2c1. The standard InChI is InChI=1S/C29H22N2O5S2/c1-36-25-9-4-18(14-21(25)20-7-8-23-22(16-20)24(32)10-12-30-23)15-26-27(33)31(29(37)38-26)13-11-17-2-5-19(6-3-17)28(34)35/h2-10,12,14-16H,11,13H2,1H3,(H,30,32)(H,34,35). The number of fused-ring (bicyclic) bond motifs is 1. The monoisotopic (exact) mass is 542 g/mol. The second-order valence-corrected chi connectivity index (χ2v) is 10.3. The maximum Gasteiger partial charge on any atom is 0.335 e. The topological polar surface area (TPSA) is 99.7 Å². The van der Waals surface area contributed by atoms with Gasteiger partial charge in [-0.3, -0.25) is 14.5 Å². The Morgan fingerprint density at radius 1 is 1.08 bits per heavy atom. The predicted molar refractivity (Wildman–Crippen MR) is 154 cm³/mol. The highest BCUT2D eigenvalue weighted by molar-refractivity contribution is 8.26. The molecule has 0 saturated carbocycles. The number of thiocarbonyl (C=S) groups is 1. The molecule has 7 nitrogen and oxygen atoms in total. The van der Waals surface area contributed by atoms with E-state index in [1.807, 2.05) is 36.4 Å². The summed E-state index contributed by atoms with van der Waals surface area (Å²) in [4.78, 5) is 41.7. The lowest BCUT2D eigenvalue weighted by molar-refractivity contribution is -0.122. The van der Waals surface area contributed by atoms with Crippen LogP contribution in [0.25, 0.3) is 28.1 Å². The van der Waals surface area contributed by atoms with Crippen molar-refractivity contribution in [2.75, 3.05) is 13.7 Å². The van der Waals surface area contributed by atoms with Gasteiger partial charge in [-0.15, -0.1) is 0 Å². The summed E-state index contributed by atoms with van der Waals surface area (Å²) in [6.07, 6.45) is 3.97. The van der Waals surface area contributed by atoms with Crippen LogP contribution in [0.4, 0.5) is 0 Å². The van der Waals surface area contributed by atoms with Gasteiger partial charge in [-0.25, -0.2) is 4.79 Å². The van der Waals surface area contributed by atoms with E-state index in [4.69, 9.17) is 22.1 Å². The van der Waals surface area contributed by atoms with E-state index in [2.05, 4.69) is 4.98 Å². The number of carbonyl (C=O) groups excluding carboxylic acids is 1. The van der Waals surface area contributed by atoms with Gasteiger partial charge in [0.15, 0.2) is 5.43 Å². The van der Waals surface area contributed by atoms with Crippen LogP contribution < -0.4 is 10.2 Å². The zero-order valence-electron chi connectivity index (χ0n) is 20.3. The molecule has 0 radical (unpaired) electrons. The minimum atomic E-state index is -0.977. The number of carboxylic acids is 1. The zero-order valence-corrected chi connectivity index (χ0v) is 21.9. The number of aromatic amines is 1. The van der Waals surface area contributed by atoms with Gasteiger partial charge in [0.1, 0.15) is 10.1 Å². The smallest absolute Gasteiger partial charge is 0.335 e. The lowest BCUT2D eigenvalue weighted by Crippen LogP contribution is -2.30. The van der Waals surface area contributed by atoms with E-state index in [1.54, 1.807) is 48.5 Å². The first kappa shape index (κ1) is 25.4. The zero-order chi connectivity index (χ0) is 26.8. The number of rotatable bonds is 7. The third-order valence-electron chi connectivity index (χ3n) is 6.29. The summed E-state index contributed by atoms with van der Waals surface area (Å²) in [5.74, 6) is -0.498. The molecule has 9 heteroatoms. The highest BCUT2D eigenvalue weighted by Crippen LogP contribution is 2.36. The van der Waals surface area contributed by atoms with Crippen molar-refractivity contribution >= 4 is 57.2 Å². The van der Waals surface area contributed by atoms with Crippen molar-refractivity contribution in [1.82, 2.24) is 9.88 Å².